The normalized spacial score (nSPS) is 18.6. The zero-order chi connectivity index (χ0) is 25.8. The van der Waals surface area contributed by atoms with Gasteiger partial charge in [-0.2, -0.15) is 0 Å². The topological polar surface area (TPSA) is 48.0 Å². The van der Waals surface area contributed by atoms with Gasteiger partial charge < -0.3 is 19.1 Å². The fourth-order valence-corrected chi connectivity index (χ4v) is 6.38. The summed E-state index contributed by atoms with van der Waals surface area (Å²) in [6.07, 6.45) is 11.1. The van der Waals surface area contributed by atoms with Crippen LogP contribution in [0.5, 0.6) is 0 Å². The Labute approximate surface area is 221 Å². The Balaban J connectivity index is 1.46. The van der Waals surface area contributed by atoms with Crippen molar-refractivity contribution in [1.82, 2.24) is 0 Å². The summed E-state index contributed by atoms with van der Waals surface area (Å²) in [5.41, 5.74) is 9.99. The number of esters is 1. The Morgan fingerprint density at radius 3 is 2.32 bits per heavy atom. The Morgan fingerprint density at radius 2 is 1.68 bits per heavy atom. The molecule has 0 aromatic heterocycles. The van der Waals surface area contributed by atoms with Gasteiger partial charge in [-0.05, 0) is 109 Å². The molecule has 5 rings (SSSR count). The van der Waals surface area contributed by atoms with E-state index in [1.807, 2.05) is 12.1 Å². The van der Waals surface area contributed by atoms with Gasteiger partial charge in [-0.25, -0.2) is 4.79 Å². The molecule has 0 radical (unpaired) electrons. The minimum Gasteiger partial charge on any atom is -0.465 e. The quantitative estimate of drug-likeness (QED) is 0.318. The monoisotopic (exact) mass is 501 g/mol. The summed E-state index contributed by atoms with van der Waals surface area (Å²) in [7, 11) is 4.90. The van der Waals surface area contributed by atoms with Crippen LogP contribution in [0.1, 0.15) is 72.0 Å². The van der Waals surface area contributed by atoms with E-state index >= 15 is 0 Å². The van der Waals surface area contributed by atoms with E-state index in [4.69, 9.17) is 14.2 Å². The van der Waals surface area contributed by atoms with Crippen LogP contribution >= 0.6 is 0 Å². The number of hydrogen-bond donors (Lipinski definition) is 0. The number of rotatable bonds is 7. The number of allylic oxidation sites excluding steroid dienone is 3. The SMILES string of the molecule is COC(=O)c1ccc2c(c1)CCCC(C1=CCCC1)=C2c1ccc(N2CCC(C(OC)OC)CC2)cc1. The molecule has 0 amide bonds. The van der Waals surface area contributed by atoms with E-state index in [-0.39, 0.29) is 12.3 Å². The third kappa shape index (κ3) is 5.39. The van der Waals surface area contributed by atoms with Crippen molar-refractivity contribution < 1.29 is 19.0 Å². The van der Waals surface area contributed by atoms with Crippen molar-refractivity contribution in [3.63, 3.8) is 0 Å². The average Bonchev–Trinajstić information content (AvgIpc) is 3.42. The number of anilines is 1. The van der Waals surface area contributed by atoms with E-state index in [0.717, 1.165) is 51.6 Å². The minimum absolute atomic E-state index is 0.116. The van der Waals surface area contributed by atoms with Crippen molar-refractivity contribution in [3.05, 3.63) is 81.9 Å². The molecule has 37 heavy (non-hydrogen) atoms. The molecule has 1 fully saturated rings. The summed E-state index contributed by atoms with van der Waals surface area (Å²) < 4.78 is 16.0. The van der Waals surface area contributed by atoms with Crippen LogP contribution < -0.4 is 4.90 Å². The average molecular weight is 502 g/mol. The zero-order valence-corrected chi connectivity index (χ0v) is 22.4. The van der Waals surface area contributed by atoms with Crippen molar-refractivity contribution in [3.8, 4) is 0 Å². The van der Waals surface area contributed by atoms with E-state index in [9.17, 15) is 4.79 Å². The van der Waals surface area contributed by atoms with Gasteiger partial charge in [-0.15, -0.1) is 0 Å². The van der Waals surface area contributed by atoms with Crippen LogP contribution in [0.25, 0.3) is 5.57 Å². The highest BCUT2D eigenvalue weighted by Gasteiger charge is 2.27. The van der Waals surface area contributed by atoms with E-state index in [2.05, 4.69) is 41.3 Å². The van der Waals surface area contributed by atoms with Crippen LogP contribution in [0.3, 0.4) is 0 Å². The Bertz CT molecular complexity index is 1170. The highest BCUT2D eigenvalue weighted by atomic mass is 16.7. The molecule has 2 aliphatic carbocycles. The largest absolute Gasteiger partial charge is 0.465 e. The molecule has 0 bridgehead atoms. The Kier molecular flexibility index (Phi) is 8.11. The number of aryl methyl sites for hydroxylation is 1. The first-order valence-corrected chi connectivity index (χ1v) is 13.7. The maximum absolute atomic E-state index is 12.2. The van der Waals surface area contributed by atoms with Crippen LogP contribution in [0, 0.1) is 5.92 Å². The standard InChI is InChI=1S/C32H39NO4/c1-35-31(34)26-13-16-29-25(21-26)9-6-10-28(22-7-4-5-8-22)30(29)23-11-14-27(15-12-23)33-19-17-24(18-20-33)32(36-2)37-3/h7,11-16,21,24,32H,4-6,8-10,17-20H2,1-3H3. The van der Waals surface area contributed by atoms with Gasteiger partial charge in [0.15, 0.2) is 6.29 Å². The second kappa shape index (κ2) is 11.7. The number of ether oxygens (including phenoxy) is 3. The van der Waals surface area contributed by atoms with E-state index in [1.165, 1.54) is 59.0 Å². The lowest BCUT2D eigenvalue weighted by molar-refractivity contribution is -0.141. The first-order valence-electron chi connectivity index (χ1n) is 13.7. The van der Waals surface area contributed by atoms with Gasteiger partial charge in [0.05, 0.1) is 12.7 Å². The molecule has 196 valence electrons. The highest BCUT2D eigenvalue weighted by Crippen LogP contribution is 2.41. The lowest BCUT2D eigenvalue weighted by Crippen LogP contribution is -2.39. The summed E-state index contributed by atoms with van der Waals surface area (Å²) in [5, 5.41) is 0. The molecular formula is C32H39NO4. The first-order chi connectivity index (χ1) is 18.1. The lowest BCUT2D eigenvalue weighted by atomic mass is 9.87. The summed E-state index contributed by atoms with van der Waals surface area (Å²) in [4.78, 5) is 14.7. The Morgan fingerprint density at radius 1 is 0.919 bits per heavy atom. The molecule has 3 aliphatic rings. The fourth-order valence-electron chi connectivity index (χ4n) is 6.38. The van der Waals surface area contributed by atoms with Crippen molar-refractivity contribution in [2.45, 2.75) is 57.7 Å². The molecule has 0 N–H and O–H groups in total. The number of carbonyl (C=O) groups is 1. The highest BCUT2D eigenvalue weighted by molar-refractivity contribution is 5.92. The van der Waals surface area contributed by atoms with Gasteiger partial charge in [0.1, 0.15) is 0 Å². The second-order valence-electron chi connectivity index (χ2n) is 10.4. The van der Waals surface area contributed by atoms with E-state index < -0.39 is 0 Å². The molecule has 5 nitrogen and oxygen atoms in total. The maximum Gasteiger partial charge on any atom is 0.337 e. The van der Waals surface area contributed by atoms with E-state index in [0.29, 0.717) is 11.5 Å². The maximum atomic E-state index is 12.2. The van der Waals surface area contributed by atoms with Gasteiger partial charge in [0, 0.05) is 38.9 Å². The number of benzene rings is 2. The molecular weight excluding hydrogens is 462 g/mol. The van der Waals surface area contributed by atoms with Crippen LogP contribution in [0.4, 0.5) is 5.69 Å². The summed E-state index contributed by atoms with van der Waals surface area (Å²) in [6.45, 7) is 2.01. The molecule has 1 heterocycles. The van der Waals surface area contributed by atoms with Crippen molar-refractivity contribution >= 4 is 17.2 Å². The van der Waals surface area contributed by atoms with Gasteiger partial charge in [-0.3, -0.25) is 0 Å². The number of methoxy groups -OCH3 is 3. The number of carbonyl (C=O) groups excluding carboxylic acids is 1. The number of nitrogens with zero attached hydrogens (tertiary/aromatic N) is 1. The molecule has 2 aromatic rings. The molecule has 1 aliphatic heterocycles. The van der Waals surface area contributed by atoms with Gasteiger partial charge in [0.25, 0.3) is 0 Å². The van der Waals surface area contributed by atoms with Crippen LogP contribution in [0.15, 0.2) is 59.7 Å². The van der Waals surface area contributed by atoms with Crippen molar-refractivity contribution in [2.75, 3.05) is 39.3 Å². The molecule has 0 unspecified atom stereocenters. The van der Waals surface area contributed by atoms with Crippen LogP contribution in [-0.2, 0) is 20.6 Å². The van der Waals surface area contributed by atoms with Gasteiger partial charge in [-0.1, -0.05) is 24.3 Å². The van der Waals surface area contributed by atoms with Crippen molar-refractivity contribution in [2.24, 2.45) is 5.92 Å². The number of piperidine rings is 1. The summed E-state index contributed by atoms with van der Waals surface area (Å²) in [6, 6.07) is 15.2. The van der Waals surface area contributed by atoms with Crippen molar-refractivity contribution in [1.29, 1.82) is 0 Å². The second-order valence-corrected chi connectivity index (χ2v) is 10.4. The third-order valence-corrected chi connectivity index (χ3v) is 8.31. The fraction of sp³-hybridized carbons (Fsp3) is 0.469. The van der Waals surface area contributed by atoms with Gasteiger partial charge >= 0.3 is 5.97 Å². The third-order valence-electron chi connectivity index (χ3n) is 8.31. The minimum atomic E-state index is -0.272. The molecule has 1 saturated heterocycles. The van der Waals surface area contributed by atoms with Gasteiger partial charge in [0.2, 0.25) is 0 Å². The number of fused-ring (bicyclic) bond motifs is 1. The zero-order valence-electron chi connectivity index (χ0n) is 22.4. The van der Waals surface area contributed by atoms with E-state index in [1.54, 1.807) is 14.2 Å². The first kappa shape index (κ1) is 25.7. The molecule has 0 atom stereocenters. The summed E-state index contributed by atoms with van der Waals surface area (Å²) >= 11 is 0. The molecule has 2 aromatic carbocycles. The predicted molar refractivity (Wildman–Crippen MR) is 148 cm³/mol. The summed E-state index contributed by atoms with van der Waals surface area (Å²) in [5.74, 6) is 0.169. The molecule has 0 saturated carbocycles. The number of hydrogen-bond acceptors (Lipinski definition) is 5. The van der Waals surface area contributed by atoms with Crippen LogP contribution in [0.2, 0.25) is 0 Å². The molecule has 5 heteroatoms. The Hall–Kier alpha value is -2.89. The predicted octanol–water partition coefficient (Wildman–Crippen LogP) is 6.56. The lowest BCUT2D eigenvalue weighted by Gasteiger charge is -2.36. The molecule has 0 spiro atoms. The van der Waals surface area contributed by atoms with Crippen LogP contribution in [-0.4, -0.2) is 46.7 Å². The smallest absolute Gasteiger partial charge is 0.337 e.